The van der Waals surface area contributed by atoms with Crippen LogP contribution in [0.5, 0.6) is 0 Å². The maximum absolute atomic E-state index is 12.1. The zero-order valence-corrected chi connectivity index (χ0v) is 11.7. The van der Waals surface area contributed by atoms with Gasteiger partial charge in [-0.2, -0.15) is 0 Å². The Morgan fingerprint density at radius 3 is 2.37 bits per heavy atom. The molecular weight excluding hydrogens is 290 g/mol. The lowest BCUT2D eigenvalue weighted by Gasteiger charge is -2.22. The molecule has 0 amide bonds. The van der Waals surface area contributed by atoms with Gasteiger partial charge in [0.25, 0.3) is 0 Å². The van der Waals surface area contributed by atoms with Crippen LogP contribution in [0.3, 0.4) is 0 Å². The Balaban J connectivity index is 2.06. The first kappa shape index (κ1) is 14.3. The quantitative estimate of drug-likeness (QED) is 0.478. The van der Waals surface area contributed by atoms with Gasteiger partial charge in [0.1, 0.15) is 4.90 Å². The van der Waals surface area contributed by atoms with Gasteiger partial charge in [0.15, 0.2) is 0 Å². The van der Waals surface area contributed by atoms with Gasteiger partial charge in [-0.15, -0.1) is 0 Å². The van der Waals surface area contributed by atoms with E-state index >= 15 is 0 Å². The lowest BCUT2D eigenvalue weighted by atomic mass is 10.2. The number of aromatic nitrogens is 2. The molecular formula is C9H15N5O3S2. The van der Waals surface area contributed by atoms with Crippen molar-refractivity contribution in [1.82, 2.24) is 14.7 Å². The molecule has 0 aliphatic carbocycles. The van der Waals surface area contributed by atoms with Crippen molar-refractivity contribution in [1.29, 1.82) is 0 Å². The molecule has 2 heterocycles. The highest BCUT2D eigenvalue weighted by atomic mass is 32.2. The summed E-state index contributed by atoms with van der Waals surface area (Å²) >= 11 is 0. The van der Waals surface area contributed by atoms with Crippen LogP contribution in [-0.4, -0.2) is 40.1 Å². The second-order valence-corrected chi connectivity index (χ2v) is 7.54. The van der Waals surface area contributed by atoms with Crippen LogP contribution >= 0.6 is 0 Å². The summed E-state index contributed by atoms with van der Waals surface area (Å²) in [6.07, 6.45) is 3.53. The lowest BCUT2D eigenvalue weighted by molar-refractivity contribution is 0.521. The highest BCUT2D eigenvalue weighted by molar-refractivity contribution is 7.89. The molecule has 0 atom stereocenters. The number of anilines is 1. The van der Waals surface area contributed by atoms with E-state index in [-0.39, 0.29) is 16.9 Å². The fraction of sp³-hybridized carbons (Fsp3) is 0.556. The molecule has 0 bridgehead atoms. The zero-order valence-electron chi connectivity index (χ0n) is 10.1. The molecule has 1 aromatic heterocycles. The topological polar surface area (TPSA) is 127 Å². The Morgan fingerprint density at radius 2 is 1.84 bits per heavy atom. The van der Waals surface area contributed by atoms with Gasteiger partial charge in [-0.3, -0.25) is 9.63 Å². The summed E-state index contributed by atoms with van der Waals surface area (Å²) in [6.45, 7) is 0. The van der Waals surface area contributed by atoms with Crippen molar-refractivity contribution in [2.75, 3.05) is 16.9 Å². The molecule has 106 valence electrons. The van der Waals surface area contributed by atoms with Crippen LogP contribution in [0.25, 0.3) is 0 Å². The number of rotatable bonds is 4. The van der Waals surface area contributed by atoms with Gasteiger partial charge in [-0.1, -0.05) is 0 Å². The molecule has 1 aliphatic rings. The molecule has 8 nitrogen and oxygen atoms in total. The third-order valence-corrected chi connectivity index (χ3v) is 5.63. The molecule has 0 radical (unpaired) electrons. The van der Waals surface area contributed by atoms with Crippen LogP contribution in [-0.2, 0) is 20.8 Å². The lowest BCUT2D eigenvalue weighted by Crippen LogP contribution is -2.39. The van der Waals surface area contributed by atoms with E-state index in [1.54, 1.807) is 0 Å². The Hall–Kier alpha value is -1.10. The maximum atomic E-state index is 12.1. The Morgan fingerprint density at radius 1 is 1.26 bits per heavy atom. The largest absolute Gasteiger partial charge is 0.292 e. The van der Waals surface area contributed by atoms with Crippen LogP contribution < -0.4 is 16.0 Å². The molecule has 1 aromatic rings. The molecule has 1 saturated heterocycles. The zero-order chi connectivity index (χ0) is 13.9. The Kier molecular flexibility index (Phi) is 4.45. The summed E-state index contributed by atoms with van der Waals surface area (Å²) in [5.74, 6) is 6.30. The average molecular weight is 305 g/mol. The minimum absolute atomic E-state index is 0.0156. The first-order valence-corrected chi connectivity index (χ1v) is 8.64. The van der Waals surface area contributed by atoms with E-state index in [9.17, 15) is 12.6 Å². The number of nitrogens with one attached hydrogen (secondary N) is 2. The number of nitrogens with zero attached hydrogens (tertiary/aromatic N) is 2. The first-order chi connectivity index (χ1) is 9.01. The predicted octanol–water partition coefficient (Wildman–Crippen LogP) is -1.05. The van der Waals surface area contributed by atoms with E-state index < -0.39 is 20.8 Å². The monoisotopic (exact) mass is 305 g/mol. The fourth-order valence-electron chi connectivity index (χ4n) is 1.73. The number of hydrogen-bond donors (Lipinski definition) is 3. The van der Waals surface area contributed by atoms with Crippen molar-refractivity contribution in [3.8, 4) is 0 Å². The molecule has 0 unspecified atom stereocenters. The molecule has 0 saturated carbocycles. The van der Waals surface area contributed by atoms with Crippen LogP contribution in [0.1, 0.15) is 12.8 Å². The second kappa shape index (κ2) is 5.90. The summed E-state index contributed by atoms with van der Waals surface area (Å²) in [5, 5.41) is 0. The molecule has 1 fully saturated rings. The standard InChI is InChI=1S/C9H15N5O3S2/c10-13-9-11-5-8(6-12-9)19(16,17)14-7-1-3-18(15)4-2-7/h5-7,14H,1-4,10H2,(H,11,12,13). The second-order valence-electron chi connectivity index (χ2n) is 4.13. The summed E-state index contributed by atoms with van der Waals surface area (Å²) < 4.78 is 37.9. The normalized spacial score (nSPS) is 24.1. The number of nitrogen functional groups attached to an aromatic ring is 1. The van der Waals surface area contributed by atoms with Crippen LogP contribution in [0, 0.1) is 0 Å². The van der Waals surface area contributed by atoms with Gasteiger partial charge >= 0.3 is 0 Å². The molecule has 0 aromatic carbocycles. The van der Waals surface area contributed by atoms with Gasteiger partial charge in [-0.25, -0.2) is 29.0 Å². The SMILES string of the molecule is NNc1ncc(S(=O)(=O)NC2CCS(=O)CC2)cn1. The third kappa shape index (κ3) is 3.69. The van der Waals surface area contributed by atoms with E-state index in [4.69, 9.17) is 5.84 Å². The Bertz CT molecular complexity index is 550. The first-order valence-electron chi connectivity index (χ1n) is 5.67. The summed E-state index contributed by atoms with van der Waals surface area (Å²) in [5.41, 5.74) is 2.22. The van der Waals surface area contributed by atoms with Gasteiger partial charge in [0.2, 0.25) is 16.0 Å². The van der Waals surface area contributed by atoms with Gasteiger partial charge in [0.05, 0.1) is 12.4 Å². The van der Waals surface area contributed by atoms with Crippen LogP contribution in [0.15, 0.2) is 17.3 Å². The predicted molar refractivity (Wildman–Crippen MR) is 71.1 cm³/mol. The summed E-state index contributed by atoms with van der Waals surface area (Å²) in [7, 11) is -4.46. The van der Waals surface area contributed by atoms with Crippen molar-refractivity contribution in [2.24, 2.45) is 5.84 Å². The highest BCUT2D eigenvalue weighted by Crippen LogP contribution is 2.14. The van der Waals surface area contributed by atoms with Crippen molar-refractivity contribution < 1.29 is 12.6 Å². The van der Waals surface area contributed by atoms with Gasteiger partial charge in [0, 0.05) is 28.3 Å². The highest BCUT2D eigenvalue weighted by Gasteiger charge is 2.24. The molecule has 1 aliphatic heterocycles. The third-order valence-electron chi connectivity index (χ3n) is 2.78. The van der Waals surface area contributed by atoms with Crippen molar-refractivity contribution >= 4 is 26.8 Å². The van der Waals surface area contributed by atoms with Crippen molar-refractivity contribution in [3.63, 3.8) is 0 Å². The Labute approximate surface area is 113 Å². The number of hydrazine groups is 1. The van der Waals surface area contributed by atoms with Gasteiger partial charge < -0.3 is 0 Å². The molecule has 4 N–H and O–H groups in total. The van der Waals surface area contributed by atoms with E-state index in [1.807, 2.05) is 0 Å². The van der Waals surface area contributed by atoms with E-state index in [0.717, 1.165) is 0 Å². The van der Waals surface area contributed by atoms with Crippen LogP contribution in [0.2, 0.25) is 0 Å². The smallest absolute Gasteiger partial charge is 0.243 e. The molecule has 10 heteroatoms. The average Bonchev–Trinajstić information content (AvgIpc) is 2.41. The van der Waals surface area contributed by atoms with Crippen molar-refractivity contribution in [3.05, 3.63) is 12.4 Å². The summed E-state index contributed by atoms with van der Waals surface area (Å²) in [4.78, 5) is 7.49. The van der Waals surface area contributed by atoms with E-state index in [2.05, 4.69) is 20.1 Å². The number of hydrogen-bond acceptors (Lipinski definition) is 7. The fourth-order valence-corrected chi connectivity index (χ4v) is 4.22. The minimum Gasteiger partial charge on any atom is -0.292 e. The van der Waals surface area contributed by atoms with Gasteiger partial charge in [-0.05, 0) is 12.8 Å². The maximum Gasteiger partial charge on any atom is 0.243 e. The summed E-state index contributed by atoms with van der Waals surface area (Å²) in [6, 6.07) is -0.185. The van der Waals surface area contributed by atoms with Crippen molar-refractivity contribution in [2.45, 2.75) is 23.8 Å². The minimum atomic E-state index is -3.64. The van der Waals surface area contributed by atoms with E-state index in [1.165, 1.54) is 12.4 Å². The molecule has 2 rings (SSSR count). The molecule has 19 heavy (non-hydrogen) atoms. The van der Waals surface area contributed by atoms with Crippen LogP contribution in [0.4, 0.5) is 5.95 Å². The number of sulfonamides is 1. The number of nitrogens with two attached hydrogens (primary N) is 1. The van der Waals surface area contributed by atoms with E-state index in [0.29, 0.717) is 24.3 Å². The molecule has 0 spiro atoms.